The van der Waals surface area contributed by atoms with E-state index in [1.54, 1.807) is 36.1 Å². The van der Waals surface area contributed by atoms with Gasteiger partial charge in [0, 0.05) is 18.4 Å². The van der Waals surface area contributed by atoms with Crippen LogP contribution in [0.5, 0.6) is 0 Å². The third-order valence-corrected chi connectivity index (χ3v) is 2.82. The first-order valence-corrected chi connectivity index (χ1v) is 6.29. The van der Waals surface area contributed by atoms with Crippen LogP contribution in [0.2, 0.25) is 0 Å². The van der Waals surface area contributed by atoms with Crippen molar-refractivity contribution < 1.29 is 14.7 Å². The summed E-state index contributed by atoms with van der Waals surface area (Å²) in [6.45, 7) is 2.58. The highest BCUT2D eigenvalue weighted by Gasteiger charge is 2.09. The summed E-state index contributed by atoms with van der Waals surface area (Å²) in [5, 5.41) is 21.7. The number of aromatic carboxylic acids is 1. The molecule has 1 aromatic carbocycles. The fourth-order valence-corrected chi connectivity index (χ4v) is 1.74. The number of aromatic nitrogens is 3. The van der Waals surface area contributed by atoms with Gasteiger partial charge in [-0.25, -0.2) is 9.59 Å². The number of carboxylic acids is 1. The number of nitrogens with zero attached hydrogens (tertiary/aromatic N) is 3. The van der Waals surface area contributed by atoms with Gasteiger partial charge in [-0.3, -0.25) is 4.68 Å². The molecule has 0 fully saturated rings. The minimum Gasteiger partial charge on any atom is -0.478 e. The number of anilines is 1. The third-order valence-electron chi connectivity index (χ3n) is 2.82. The Morgan fingerprint density at radius 1 is 1.38 bits per heavy atom. The van der Waals surface area contributed by atoms with Gasteiger partial charge in [0.25, 0.3) is 0 Å². The van der Waals surface area contributed by atoms with Gasteiger partial charge in [0.1, 0.15) is 0 Å². The van der Waals surface area contributed by atoms with E-state index in [9.17, 15) is 9.59 Å². The lowest BCUT2D eigenvalue weighted by molar-refractivity contribution is 0.0696. The van der Waals surface area contributed by atoms with Crippen LogP contribution in [-0.2, 0) is 6.54 Å². The molecule has 1 aromatic heterocycles. The lowest BCUT2D eigenvalue weighted by atomic mass is 10.1. The fourth-order valence-electron chi connectivity index (χ4n) is 1.74. The number of benzene rings is 1. The minimum absolute atomic E-state index is 0.162. The van der Waals surface area contributed by atoms with Gasteiger partial charge in [-0.2, -0.15) is 0 Å². The van der Waals surface area contributed by atoms with Crippen molar-refractivity contribution in [2.45, 2.75) is 13.5 Å². The van der Waals surface area contributed by atoms with E-state index in [-0.39, 0.29) is 5.56 Å². The molecule has 0 aliphatic carbocycles. The zero-order valence-electron chi connectivity index (χ0n) is 11.4. The molecule has 8 heteroatoms. The molecule has 0 spiro atoms. The Morgan fingerprint density at radius 3 is 2.86 bits per heavy atom. The summed E-state index contributed by atoms with van der Waals surface area (Å²) in [5.74, 6) is -1.03. The Hall–Kier alpha value is -2.90. The number of hydrogen-bond acceptors (Lipinski definition) is 4. The molecule has 8 nitrogen and oxygen atoms in total. The van der Waals surface area contributed by atoms with Gasteiger partial charge in [0.2, 0.25) is 0 Å². The molecule has 0 saturated carbocycles. The smallest absolute Gasteiger partial charge is 0.336 e. The maximum Gasteiger partial charge on any atom is 0.336 e. The molecule has 2 amide bonds. The number of aryl methyl sites for hydroxylation is 1. The van der Waals surface area contributed by atoms with Gasteiger partial charge in [-0.15, -0.1) is 5.10 Å². The number of carboxylic acid groups (broad SMARTS) is 1. The number of hydrogen-bond donors (Lipinski definition) is 3. The minimum atomic E-state index is -1.03. The van der Waals surface area contributed by atoms with E-state index in [1.807, 2.05) is 0 Å². The molecule has 0 unspecified atom stereocenters. The quantitative estimate of drug-likeness (QED) is 0.763. The molecule has 2 aromatic rings. The number of amides is 2. The van der Waals surface area contributed by atoms with Crippen LogP contribution in [0, 0.1) is 6.92 Å². The van der Waals surface area contributed by atoms with Crippen molar-refractivity contribution in [3.63, 3.8) is 0 Å². The first-order chi connectivity index (χ1) is 10.1. The SMILES string of the molecule is Cc1ccc(NC(=O)NCCn2ccnn2)cc1C(=O)O. The van der Waals surface area contributed by atoms with E-state index in [1.165, 1.54) is 6.07 Å². The van der Waals surface area contributed by atoms with Crippen molar-refractivity contribution in [2.24, 2.45) is 0 Å². The highest BCUT2D eigenvalue weighted by atomic mass is 16.4. The van der Waals surface area contributed by atoms with Crippen molar-refractivity contribution in [3.8, 4) is 0 Å². The Labute approximate surface area is 120 Å². The monoisotopic (exact) mass is 289 g/mol. The molecule has 3 N–H and O–H groups in total. The highest BCUT2D eigenvalue weighted by molar-refractivity contribution is 5.94. The van der Waals surface area contributed by atoms with E-state index in [4.69, 9.17) is 5.11 Å². The summed E-state index contributed by atoms with van der Waals surface area (Å²) in [6, 6.07) is 4.32. The maximum atomic E-state index is 11.7. The molecule has 110 valence electrons. The van der Waals surface area contributed by atoms with Crippen LogP contribution in [0.3, 0.4) is 0 Å². The molecule has 1 heterocycles. The van der Waals surface area contributed by atoms with Crippen LogP contribution >= 0.6 is 0 Å². The van der Waals surface area contributed by atoms with Crippen molar-refractivity contribution in [1.82, 2.24) is 20.3 Å². The van der Waals surface area contributed by atoms with Crippen LogP contribution in [-0.4, -0.2) is 38.6 Å². The summed E-state index contributed by atoms with van der Waals surface area (Å²) in [7, 11) is 0. The van der Waals surface area contributed by atoms with Gasteiger partial charge >= 0.3 is 12.0 Å². The summed E-state index contributed by atoms with van der Waals surface area (Å²) in [5.41, 5.74) is 1.23. The van der Waals surface area contributed by atoms with Crippen LogP contribution in [0.1, 0.15) is 15.9 Å². The molecule has 0 bridgehead atoms. The molecule has 0 aliphatic heterocycles. The Bertz CT molecular complexity index is 639. The van der Waals surface area contributed by atoms with E-state index in [0.717, 1.165) is 0 Å². The predicted molar refractivity (Wildman–Crippen MR) is 75.2 cm³/mol. The van der Waals surface area contributed by atoms with E-state index in [0.29, 0.717) is 24.3 Å². The molecule has 2 rings (SSSR count). The average Bonchev–Trinajstić information content (AvgIpc) is 2.94. The van der Waals surface area contributed by atoms with Crippen molar-refractivity contribution in [1.29, 1.82) is 0 Å². The normalized spacial score (nSPS) is 10.1. The Kier molecular flexibility index (Phi) is 4.50. The standard InChI is InChI=1S/C13H15N5O3/c1-9-2-3-10(8-11(9)12(19)20)16-13(21)14-4-6-18-7-5-15-17-18/h2-3,5,7-8H,4,6H2,1H3,(H,19,20)(H2,14,16,21). The topological polar surface area (TPSA) is 109 Å². The van der Waals surface area contributed by atoms with Gasteiger partial charge in [-0.1, -0.05) is 11.3 Å². The summed E-state index contributed by atoms with van der Waals surface area (Å²) in [6.07, 6.45) is 3.25. The number of urea groups is 1. The molecule has 21 heavy (non-hydrogen) atoms. The van der Waals surface area contributed by atoms with E-state index < -0.39 is 12.0 Å². The highest BCUT2D eigenvalue weighted by Crippen LogP contribution is 2.15. The van der Waals surface area contributed by atoms with Crippen molar-refractivity contribution in [2.75, 3.05) is 11.9 Å². The lowest BCUT2D eigenvalue weighted by Crippen LogP contribution is -2.31. The number of rotatable bonds is 5. The van der Waals surface area contributed by atoms with Gasteiger partial charge in [0.15, 0.2) is 0 Å². The van der Waals surface area contributed by atoms with Crippen LogP contribution < -0.4 is 10.6 Å². The summed E-state index contributed by atoms with van der Waals surface area (Å²) >= 11 is 0. The first kappa shape index (κ1) is 14.5. The predicted octanol–water partition coefficient (Wildman–Crippen LogP) is 1.11. The van der Waals surface area contributed by atoms with Crippen molar-refractivity contribution in [3.05, 3.63) is 41.7 Å². The zero-order valence-corrected chi connectivity index (χ0v) is 11.4. The van der Waals surface area contributed by atoms with E-state index >= 15 is 0 Å². The molecule has 0 aliphatic rings. The largest absolute Gasteiger partial charge is 0.478 e. The van der Waals surface area contributed by atoms with E-state index in [2.05, 4.69) is 20.9 Å². The molecule has 0 atom stereocenters. The average molecular weight is 289 g/mol. The van der Waals surface area contributed by atoms with Gasteiger partial charge < -0.3 is 15.7 Å². The van der Waals surface area contributed by atoms with Gasteiger partial charge in [-0.05, 0) is 24.6 Å². The summed E-state index contributed by atoms with van der Waals surface area (Å²) < 4.78 is 1.59. The Balaban J connectivity index is 1.87. The first-order valence-electron chi connectivity index (χ1n) is 6.29. The Morgan fingerprint density at radius 2 is 2.19 bits per heavy atom. The molecular formula is C13H15N5O3. The van der Waals surface area contributed by atoms with Gasteiger partial charge in [0.05, 0.1) is 18.3 Å². The zero-order chi connectivity index (χ0) is 15.2. The van der Waals surface area contributed by atoms with Crippen LogP contribution in [0.4, 0.5) is 10.5 Å². The number of carbonyl (C=O) groups is 2. The van der Waals surface area contributed by atoms with Crippen LogP contribution in [0.15, 0.2) is 30.6 Å². The maximum absolute atomic E-state index is 11.7. The number of nitrogens with one attached hydrogen (secondary N) is 2. The second-order valence-electron chi connectivity index (χ2n) is 4.38. The molecule has 0 saturated heterocycles. The fraction of sp³-hybridized carbons (Fsp3) is 0.231. The second kappa shape index (κ2) is 6.51. The summed E-state index contributed by atoms with van der Waals surface area (Å²) in [4.78, 5) is 22.7. The lowest BCUT2D eigenvalue weighted by Gasteiger charge is -2.09. The third kappa shape index (κ3) is 4.03. The second-order valence-corrected chi connectivity index (χ2v) is 4.38. The molecular weight excluding hydrogens is 274 g/mol. The van der Waals surface area contributed by atoms with Crippen LogP contribution in [0.25, 0.3) is 0 Å². The number of carbonyl (C=O) groups excluding carboxylic acids is 1. The molecule has 0 radical (unpaired) electrons. The van der Waals surface area contributed by atoms with Crippen molar-refractivity contribution >= 4 is 17.7 Å².